The van der Waals surface area contributed by atoms with Gasteiger partial charge in [-0.25, -0.2) is 0 Å². The topological polar surface area (TPSA) is 16.4 Å². The van der Waals surface area contributed by atoms with Crippen LogP contribution in [0.2, 0.25) is 0 Å². The zero-order chi connectivity index (χ0) is 37.1. The molecule has 10 rings (SSSR count). The average molecular weight is 706 g/mol. The molecular formula is C53H39NO. The Morgan fingerprint density at radius 1 is 0.564 bits per heavy atom. The monoisotopic (exact) mass is 705 g/mol. The van der Waals surface area contributed by atoms with Crippen LogP contribution in [-0.2, 0) is 5.41 Å². The molecule has 1 aromatic heterocycles. The summed E-state index contributed by atoms with van der Waals surface area (Å²) in [6, 6.07) is 58.8. The maximum absolute atomic E-state index is 6.43. The van der Waals surface area contributed by atoms with Crippen LogP contribution in [0, 0.1) is 0 Å². The van der Waals surface area contributed by atoms with Gasteiger partial charge in [0.1, 0.15) is 11.2 Å². The first-order valence-corrected chi connectivity index (χ1v) is 19.0. The highest BCUT2D eigenvalue weighted by atomic mass is 16.3. The minimum absolute atomic E-state index is 0.224. The second-order valence-corrected chi connectivity index (χ2v) is 15.0. The Hall–Kier alpha value is -6.90. The Balaban J connectivity index is 1.18. The summed E-state index contributed by atoms with van der Waals surface area (Å²) in [5.74, 6) is 0. The molecule has 0 fully saturated rings. The predicted octanol–water partition coefficient (Wildman–Crippen LogP) is 14.8. The van der Waals surface area contributed by atoms with Gasteiger partial charge in [0.15, 0.2) is 0 Å². The van der Waals surface area contributed by atoms with Gasteiger partial charge in [0.25, 0.3) is 0 Å². The van der Waals surface area contributed by atoms with Gasteiger partial charge in [-0.1, -0.05) is 160 Å². The van der Waals surface area contributed by atoms with Gasteiger partial charge in [0.05, 0.1) is 11.4 Å². The summed E-state index contributed by atoms with van der Waals surface area (Å²) < 4.78 is 6.43. The lowest BCUT2D eigenvalue weighted by Crippen LogP contribution is -2.23. The maximum atomic E-state index is 6.43. The summed E-state index contributed by atoms with van der Waals surface area (Å²) >= 11 is 0. The lowest BCUT2D eigenvalue weighted by molar-refractivity contribution is 0.660. The molecule has 55 heavy (non-hydrogen) atoms. The fourth-order valence-electron chi connectivity index (χ4n) is 8.84. The van der Waals surface area contributed by atoms with E-state index in [1.54, 1.807) is 0 Å². The molecule has 0 saturated heterocycles. The Morgan fingerprint density at radius 3 is 2.07 bits per heavy atom. The van der Waals surface area contributed by atoms with Gasteiger partial charge in [-0.3, -0.25) is 0 Å². The highest BCUT2D eigenvalue weighted by Crippen LogP contribution is 2.54. The number of allylic oxidation sites excluding steroid dienone is 3. The molecule has 0 spiro atoms. The van der Waals surface area contributed by atoms with Gasteiger partial charge in [-0.15, -0.1) is 0 Å². The van der Waals surface area contributed by atoms with Crippen LogP contribution >= 0.6 is 0 Å². The van der Waals surface area contributed by atoms with Gasteiger partial charge in [0, 0.05) is 27.4 Å². The zero-order valence-corrected chi connectivity index (χ0v) is 31.0. The second kappa shape index (κ2) is 12.9. The van der Waals surface area contributed by atoms with E-state index in [4.69, 9.17) is 4.42 Å². The number of para-hydroxylation sites is 1. The molecule has 9 aromatic rings. The number of hydrogen-bond donors (Lipinski definition) is 0. The number of fused-ring (bicyclic) bond motifs is 8. The van der Waals surface area contributed by atoms with Gasteiger partial charge in [0.2, 0.25) is 0 Å². The molecular weight excluding hydrogens is 667 g/mol. The number of nitrogens with zero attached hydrogens (tertiary/aromatic N) is 1. The Bertz CT molecular complexity index is 3040. The van der Waals surface area contributed by atoms with Crippen molar-refractivity contribution in [3.8, 4) is 22.3 Å². The third kappa shape index (κ3) is 5.33. The molecule has 0 bridgehead atoms. The van der Waals surface area contributed by atoms with E-state index >= 15 is 0 Å². The van der Waals surface area contributed by atoms with Crippen LogP contribution in [0.5, 0.6) is 0 Å². The van der Waals surface area contributed by atoms with Gasteiger partial charge >= 0.3 is 0 Å². The van der Waals surface area contributed by atoms with Crippen molar-refractivity contribution in [3.05, 3.63) is 211 Å². The standard InChI is InChI=1S/C53H39NO/c1-4-40(22-14-21-36-20-13-19-35-16-7-8-23-41(35)36)54(49-29-15-26-44-43-25-9-11-27-47(43)53(2,3)52(44)49)48-28-12-10-24-42(48)39-30-31-50-45(33-39)46-32-37-17-5-6-18-38(37)34-51(46)55-50/h4-34H,1H2,2-3H3/b21-14+,40-22+. The van der Waals surface area contributed by atoms with E-state index in [0.29, 0.717) is 0 Å². The van der Waals surface area contributed by atoms with E-state index in [1.807, 2.05) is 6.08 Å². The number of rotatable bonds is 7. The van der Waals surface area contributed by atoms with Gasteiger partial charge < -0.3 is 9.32 Å². The molecule has 0 amide bonds. The molecule has 1 heterocycles. The molecule has 1 aliphatic rings. The zero-order valence-electron chi connectivity index (χ0n) is 31.0. The minimum Gasteiger partial charge on any atom is -0.456 e. The number of anilines is 2. The summed E-state index contributed by atoms with van der Waals surface area (Å²) in [7, 11) is 0. The van der Waals surface area contributed by atoms with E-state index < -0.39 is 0 Å². The Kier molecular flexibility index (Phi) is 7.67. The Morgan fingerprint density at radius 2 is 1.22 bits per heavy atom. The van der Waals surface area contributed by atoms with Crippen molar-refractivity contribution in [2.24, 2.45) is 0 Å². The fraction of sp³-hybridized carbons (Fsp3) is 0.0566. The van der Waals surface area contributed by atoms with Crippen LogP contribution in [0.15, 0.2) is 199 Å². The van der Waals surface area contributed by atoms with Crippen molar-refractivity contribution < 1.29 is 4.42 Å². The van der Waals surface area contributed by atoms with Crippen LogP contribution < -0.4 is 4.90 Å². The van der Waals surface area contributed by atoms with Crippen molar-refractivity contribution in [1.29, 1.82) is 0 Å². The predicted molar refractivity (Wildman–Crippen MR) is 234 cm³/mol. The first-order chi connectivity index (χ1) is 27.0. The first kappa shape index (κ1) is 32.7. The van der Waals surface area contributed by atoms with Crippen molar-refractivity contribution >= 4 is 60.9 Å². The quantitative estimate of drug-likeness (QED) is 0.154. The summed E-state index contributed by atoms with van der Waals surface area (Å²) in [4.78, 5) is 2.41. The van der Waals surface area contributed by atoms with Crippen LogP contribution in [0.3, 0.4) is 0 Å². The van der Waals surface area contributed by atoms with E-state index in [0.717, 1.165) is 50.1 Å². The van der Waals surface area contributed by atoms with Crippen LogP contribution in [-0.4, -0.2) is 0 Å². The minimum atomic E-state index is -0.224. The lowest BCUT2D eigenvalue weighted by Gasteiger charge is -2.33. The molecule has 0 unspecified atom stereocenters. The molecule has 262 valence electrons. The normalized spacial score (nSPS) is 13.5. The third-order valence-corrected chi connectivity index (χ3v) is 11.4. The van der Waals surface area contributed by atoms with E-state index in [9.17, 15) is 0 Å². The third-order valence-electron chi connectivity index (χ3n) is 11.4. The summed E-state index contributed by atoms with van der Waals surface area (Å²) in [6.07, 6.45) is 8.53. The lowest BCUT2D eigenvalue weighted by atomic mass is 9.81. The number of hydrogen-bond acceptors (Lipinski definition) is 2. The SMILES string of the molecule is C=C/C(=C\C=C\c1cccc2ccccc12)N(c1ccccc1-c1ccc2oc3cc4ccccc4cc3c2c1)c1cccc2c1C(C)(C)c1ccccc1-2. The molecule has 0 aliphatic heterocycles. The molecule has 0 saturated carbocycles. The number of furan rings is 1. The fourth-order valence-corrected chi connectivity index (χ4v) is 8.84. The van der Waals surface area contributed by atoms with Gasteiger partial charge in [-0.05, 0) is 103 Å². The van der Waals surface area contributed by atoms with E-state index in [1.165, 1.54) is 49.4 Å². The molecule has 0 N–H and O–H groups in total. The second-order valence-electron chi connectivity index (χ2n) is 15.0. The molecule has 2 nitrogen and oxygen atoms in total. The average Bonchev–Trinajstić information content (AvgIpc) is 3.70. The summed E-state index contributed by atoms with van der Waals surface area (Å²) in [5.41, 5.74) is 13.4. The van der Waals surface area contributed by atoms with Crippen LogP contribution in [0.4, 0.5) is 11.4 Å². The van der Waals surface area contributed by atoms with Crippen molar-refractivity contribution in [3.63, 3.8) is 0 Å². The molecule has 2 heteroatoms. The van der Waals surface area contributed by atoms with Crippen molar-refractivity contribution in [2.75, 3.05) is 4.90 Å². The van der Waals surface area contributed by atoms with E-state index in [-0.39, 0.29) is 5.41 Å². The molecule has 0 radical (unpaired) electrons. The highest BCUT2D eigenvalue weighted by molar-refractivity contribution is 6.11. The number of benzene rings is 8. The van der Waals surface area contributed by atoms with Gasteiger partial charge in [-0.2, -0.15) is 0 Å². The van der Waals surface area contributed by atoms with Crippen LogP contribution in [0.25, 0.3) is 71.8 Å². The Labute approximate surface area is 321 Å². The van der Waals surface area contributed by atoms with Crippen LogP contribution in [0.1, 0.15) is 30.5 Å². The maximum Gasteiger partial charge on any atom is 0.136 e. The molecule has 1 aliphatic carbocycles. The van der Waals surface area contributed by atoms with Crippen molar-refractivity contribution in [2.45, 2.75) is 19.3 Å². The van der Waals surface area contributed by atoms with Crippen molar-refractivity contribution in [1.82, 2.24) is 0 Å². The van der Waals surface area contributed by atoms with E-state index in [2.05, 4.69) is 207 Å². The largest absolute Gasteiger partial charge is 0.456 e. The molecule has 8 aromatic carbocycles. The first-order valence-electron chi connectivity index (χ1n) is 19.0. The summed E-state index contributed by atoms with van der Waals surface area (Å²) in [5, 5.41) is 7.06. The highest BCUT2D eigenvalue weighted by Gasteiger charge is 2.39. The summed E-state index contributed by atoms with van der Waals surface area (Å²) in [6.45, 7) is 9.12. The smallest absolute Gasteiger partial charge is 0.136 e. The molecule has 0 atom stereocenters.